The monoisotopic (exact) mass is 508 g/mol. The molecular formula is C24H23F7O4. The van der Waals surface area contributed by atoms with Gasteiger partial charge in [0, 0.05) is 30.2 Å². The summed E-state index contributed by atoms with van der Waals surface area (Å²) in [6, 6.07) is 1.48. The lowest BCUT2D eigenvalue weighted by Crippen LogP contribution is -2.40. The predicted molar refractivity (Wildman–Crippen MR) is 108 cm³/mol. The van der Waals surface area contributed by atoms with Crippen molar-refractivity contribution in [3.63, 3.8) is 0 Å². The summed E-state index contributed by atoms with van der Waals surface area (Å²) in [6.07, 6.45) is -3.03. The summed E-state index contributed by atoms with van der Waals surface area (Å²) in [7, 11) is 0. The highest BCUT2D eigenvalue weighted by molar-refractivity contribution is 5.32. The van der Waals surface area contributed by atoms with E-state index in [0.717, 1.165) is 19.3 Å². The maximum Gasteiger partial charge on any atom is 0.432 e. The van der Waals surface area contributed by atoms with Crippen LogP contribution in [0.15, 0.2) is 24.3 Å². The first kappa shape index (κ1) is 25.7. The first-order valence-corrected chi connectivity index (χ1v) is 11.1. The van der Waals surface area contributed by atoms with Gasteiger partial charge in [0.2, 0.25) is 0 Å². The van der Waals surface area contributed by atoms with Gasteiger partial charge < -0.3 is 18.9 Å². The summed E-state index contributed by atoms with van der Waals surface area (Å²) in [6.45, 7) is 3.13. The summed E-state index contributed by atoms with van der Waals surface area (Å²) in [4.78, 5) is 0. The molecule has 0 amide bonds. The van der Waals surface area contributed by atoms with Crippen molar-refractivity contribution in [3.8, 4) is 5.75 Å². The minimum atomic E-state index is -4.67. The zero-order chi connectivity index (χ0) is 25.3. The van der Waals surface area contributed by atoms with Crippen LogP contribution in [-0.4, -0.2) is 25.9 Å². The van der Waals surface area contributed by atoms with Crippen molar-refractivity contribution in [2.24, 2.45) is 11.8 Å². The van der Waals surface area contributed by atoms with Gasteiger partial charge in [-0.1, -0.05) is 13.3 Å². The Morgan fingerprint density at radius 2 is 1.43 bits per heavy atom. The molecule has 2 unspecified atom stereocenters. The molecule has 2 saturated heterocycles. The van der Waals surface area contributed by atoms with E-state index in [2.05, 4.69) is 11.7 Å². The van der Waals surface area contributed by atoms with E-state index in [9.17, 15) is 30.7 Å². The van der Waals surface area contributed by atoms with Gasteiger partial charge in [-0.25, -0.2) is 22.0 Å². The Bertz CT molecular complexity index is 1000. The highest BCUT2D eigenvalue weighted by atomic mass is 19.3. The number of hydrogen-bond donors (Lipinski definition) is 0. The van der Waals surface area contributed by atoms with Crippen LogP contribution in [0.5, 0.6) is 5.75 Å². The van der Waals surface area contributed by atoms with Crippen LogP contribution in [-0.2, 0) is 20.3 Å². The Labute approximate surface area is 196 Å². The molecule has 4 nitrogen and oxygen atoms in total. The van der Waals surface area contributed by atoms with E-state index in [4.69, 9.17) is 14.2 Å². The lowest BCUT2D eigenvalue weighted by atomic mass is 9.90. The van der Waals surface area contributed by atoms with Crippen LogP contribution >= 0.6 is 0 Å². The molecule has 0 aromatic heterocycles. The summed E-state index contributed by atoms with van der Waals surface area (Å²) in [5.41, 5.74) is -1.96. The first-order chi connectivity index (χ1) is 16.6. The Morgan fingerprint density at radius 3 is 1.94 bits per heavy atom. The van der Waals surface area contributed by atoms with E-state index in [1.165, 1.54) is 0 Å². The molecule has 4 rings (SSSR count). The summed E-state index contributed by atoms with van der Waals surface area (Å²) < 4.78 is 119. The second-order valence-electron chi connectivity index (χ2n) is 8.66. The number of hydrogen-bond acceptors (Lipinski definition) is 4. The molecule has 11 heteroatoms. The Hall–Kier alpha value is -2.37. The van der Waals surface area contributed by atoms with E-state index < -0.39 is 52.8 Å². The van der Waals surface area contributed by atoms with Gasteiger partial charge in [-0.15, -0.1) is 0 Å². The molecule has 0 saturated carbocycles. The zero-order valence-electron chi connectivity index (χ0n) is 18.6. The van der Waals surface area contributed by atoms with Gasteiger partial charge in [0.05, 0.1) is 19.3 Å². The van der Waals surface area contributed by atoms with E-state index in [1.807, 2.05) is 0 Å². The van der Waals surface area contributed by atoms with Gasteiger partial charge in [0.15, 0.2) is 23.7 Å². The fourth-order valence-corrected chi connectivity index (χ4v) is 4.24. The molecule has 0 bridgehead atoms. The van der Waals surface area contributed by atoms with Gasteiger partial charge in [0.25, 0.3) is 0 Å². The topological polar surface area (TPSA) is 36.9 Å². The summed E-state index contributed by atoms with van der Waals surface area (Å²) in [5.74, 6) is -9.62. The van der Waals surface area contributed by atoms with Crippen molar-refractivity contribution in [2.45, 2.75) is 44.7 Å². The SMILES string of the molecule is CCC1CCC(C2COC(c3cc(F)c(C(F)(F)Oc4cc(F)c(F)c(F)c4)c(F)c3)OC2)OC1. The van der Waals surface area contributed by atoms with Crippen molar-refractivity contribution >= 4 is 0 Å². The Kier molecular flexibility index (Phi) is 7.58. The number of alkyl halides is 2. The van der Waals surface area contributed by atoms with Gasteiger partial charge in [-0.2, -0.15) is 8.78 Å². The Morgan fingerprint density at radius 1 is 0.829 bits per heavy atom. The lowest BCUT2D eigenvalue weighted by Gasteiger charge is -2.37. The first-order valence-electron chi connectivity index (χ1n) is 11.1. The fraction of sp³-hybridized carbons (Fsp3) is 0.500. The minimum absolute atomic E-state index is 0.0634. The second-order valence-corrected chi connectivity index (χ2v) is 8.66. The third-order valence-electron chi connectivity index (χ3n) is 6.26. The maximum absolute atomic E-state index is 14.6. The maximum atomic E-state index is 14.6. The summed E-state index contributed by atoms with van der Waals surface area (Å²) >= 11 is 0. The molecule has 0 spiro atoms. The molecule has 2 fully saturated rings. The van der Waals surface area contributed by atoms with E-state index in [1.54, 1.807) is 0 Å². The Balaban J connectivity index is 1.44. The normalized spacial score (nSPS) is 25.5. The van der Waals surface area contributed by atoms with Crippen LogP contribution in [0.4, 0.5) is 30.7 Å². The van der Waals surface area contributed by atoms with Crippen molar-refractivity contribution < 1.29 is 49.7 Å². The largest absolute Gasteiger partial charge is 0.432 e. The molecule has 2 aromatic rings. The van der Waals surface area contributed by atoms with Crippen LogP contribution < -0.4 is 4.74 Å². The van der Waals surface area contributed by atoms with Crippen molar-refractivity contribution in [1.82, 2.24) is 0 Å². The molecule has 0 aliphatic carbocycles. The molecule has 192 valence electrons. The third-order valence-corrected chi connectivity index (χ3v) is 6.26. The smallest absolute Gasteiger partial charge is 0.429 e. The van der Waals surface area contributed by atoms with Crippen LogP contribution in [0.3, 0.4) is 0 Å². The molecule has 2 atom stereocenters. The number of halogens is 7. The molecule has 0 radical (unpaired) electrons. The highest BCUT2D eigenvalue weighted by Gasteiger charge is 2.42. The third kappa shape index (κ3) is 5.57. The van der Waals surface area contributed by atoms with Gasteiger partial charge in [0.1, 0.15) is 22.9 Å². The van der Waals surface area contributed by atoms with Crippen LogP contribution in [0.1, 0.15) is 43.6 Å². The van der Waals surface area contributed by atoms with Crippen molar-refractivity contribution in [3.05, 3.63) is 64.5 Å². The lowest BCUT2D eigenvalue weighted by molar-refractivity contribution is -0.227. The van der Waals surface area contributed by atoms with Crippen LogP contribution in [0, 0.1) is 40.9 Å². The van der Waals surface area contributed by atoms with E-state index in [0.29, 0.717) is 24.7 Å². The molecule has 0 N–H and O–H groups in total. The molecule has 2 heterocycles. The fourth-order valence-electron chi connectivity index (χ4n) is 4.24. The van der Waals surface area contributed by atoms with Gasteiger partial charge in [-0.05, 0) is 30.9 Å². The molecule has 2 aromatic carbocycles. The number of ether oxygens (including phenoxy) is 4. The average Bonchev–Trinajstić information content (AvgIpc) is 2.81. The molecule has 35 heavy (non-hydrogen) atoms. The minimum Gasteiger partial charge on any atom is -0.429 e. The number of rotatable bonds is 6. The van der Waals surface area contributed by atoms with Crippen LogP contribution in [0.25, 0.3) is 0 Å². The molecule has 2 aliphatic rings. The van der Waals surface area contributed by atoms with Crippen LogP contribution in [0.2, 0.25) is 0 Å². The van der Waals surface area contributed by atoms with Crippen molar-refractivity contribution in [1.29, 1.82) is 0 Å². The van der Waals surface area contributed by atoms with Gasteiger partial charge in [-0.3, -0.25) is 0 Å². The molecule has 2 aliphatic heterocycles. The quantitative estimate of drug-likeness (QED) is 0.335. The summed E-state index contributed by atoms with van der Waals surface area (Å²) in [5, 5.41) is 0. The standard InChI is InChI=1S/C24H23F7O4/c1-2-12-3-4-20(32-9-12)14-10-33-23(34-11-14)13-5-16(25)21(17(26)6-13)24(30,31)35-15-7-18(27)22(29)19(28)8-15/h5-8,12,14,20,23H,2-4,9-11H2,1H3. The second kappa shape index (κ2) is 10.3. The van der Waals surface area contributed by atoms with E-state index in [-0.39, 0.29) is 42.9 Å². The van der Waals surface area contributed by atoms with Gasteiger partial charge >= 0.3 is 6.11 Å². The highest BCUT2D eigenvalue weighted by Crippen LogP contribution is 2.38. The van der Waals surface area contributed by atoms with E-state index >= 15 is 0 Å². The molecular weight excluding hydrogens is 485 g/mol. The average molecular weight is 508 g/mol. The zero-order valence-corrected chi connectivity index (χ0v) is 18.6. The predicted octanol–water partition coefficient (Wildman–Crippen LogP) is 6.38. The number of benzene rings is 2. The van der Waals surface area contributed by atoms with Crippen molar-refractivity contribution in [2.75, 3.05) is 19.8 Å².